The molecule has 0 aliphatic rings. The monoisotopic (exact) mass is 290 g/mol. The van der Waals surface area contributed by atoms with Crippen LogP contribution in [0.3, 0.4) is 0 Å². The standard InChI is InChI=1S/C11H12BrFO3/c1-6-5-7(3-2-4-8(14)15)10(13)11(16)9(6)12/h5,16H,2-4H2,1H3,(H,14,15). The van der Waals surface area contributed by atoms with Gasteiger partial charge in [0.25, 0.3) is 0 Å². The predicted molar refractivity (Wildman–Crippen MR) is 61.1 cm³/mol. The maximum absolute atomic E-state index is 13.5. The highest BCUT2D eigenvalue weighted by molar-refractivity contribution is 9.10. The van der Waals surface area contributed by atoms with E-state index in [-0.39, 0.29) is 6.42 Å². The van der Waals surface area contributed by atoms with Gasteiger partial charge in [-0.25, -0.2) is 4.39 Å². The molecule has 0 aromatic heterocycles. The number of carbonyl (C=O) groups is 1. The fourth-order valence-electron chi connectivity index (χ4n) is 1.44. The van der Waals surface area contributed by atoms with Gasteiger partial charge in [0.05, 0.1) is 4.47 Å². The van der Waals surface area contributed by atoms with Crippen LogP contribution in [-0.4, -0.2) is 16.2 Å². The molecule has 0 bridgehead atoms. The van der Waals surface area contributed by atoms with Crippen molar-refractivity contribution >= 4 is 21.9 Å². The van der Waals surface area contributed by atoms with Crippen LogP contribution in [0.15, 0.2) is 10.5 Å². The molecule has 3 nitrogen and oxygen atoms in total. The lowest BCUT2D eigenvalue weighted by atomic mass is 10.0. The van der Waals surface area contributed by atoms with Gasteiger partial charge < -0.3 is 10.2 Å². The number of halogens is 2. The van der Waals surface area contributed by atoms with E-state index in [4.69, 9.17) is 5.11 Å². The third-order valence-electron chi connectivity index (χ3n) is 2.27. The number of phenolic OH excluding ortho intramolecular Hbond substituents is 1. The highest BCUT2D eigenvalue weighted by atomic mass is 79.9. The van der Waals surface area contributed by atoms with Crippen LogP contribution in [0.2, 0.25) is 0 Å². The van der Waals surface area contributed by atoms with E-state index in [0.717, 1.165) is 5.56 Å². The van der Waals surface area contributed by atoms with Gasteiger partial charge in [-0.15, -0.1) is 0 Å². The summed E-state index contributed by atoms with van der Waals surface area (Å²) >= 11 is 3.07. The first-order valence-electron chi connectivity index (χ1n) is 4.81. The topological polar surface area (TPSA) is 57.5 Å². The summed E-state index contributed by atoms with van der Waals surface area (Å²) in [6.07, 6.45) is 0.655. The fraction of sp³-hybridized carbons (Fsp3) is 0.364. The minimum absolute atomic E-state index is 0.00465. The Balaban J connectivity index is 2.85. The van der Waals surface area contributed by atoms with Gasteiger partial charge in [0, 0.05) is 6.42 Å². The van der Waals surface area contributed by atoms with Crippen LogP contribution in [-0.2, 0) is 11.2 Å². The van der Waals surface area contributed by atoms with Crippen LogP contribution >= 0.6 is 15.9 Å². The second-order valence-corrected chi connectivity index (χ2v) is 4.37. The van der Waals surface area contributed by atoms with Crippen molar-refractivity contribution in [2.24, 2.45) is 0 Å². The van der Waals surface area contributed by atoms with Gasteiger partial charge in [-0.05, 0) is 46.8 Å². The van der Waals surface area contributed by atoms with E-state index in [0.29, 0.717) is 22.9 Å². The number of rotatable bonds is 4. The smallest absolute Gasteiger partial charge is 0.303 e. The van der Waals surface area contributed by atoms with Crippen molar-refractivity contribution in [1.29, 1.82) is 0 Å². The number of benzene rings is 1. The van der Waals surface area contributed by atoms with Crippen molar-refractivity contribution in [3.63, 3.8) is 0 Å². The Labute approximate surface area is 101 Å². The molecule has 2 N–H and O–H groups in total. The lowest BCUT2D eigenvalue weighted by Crippen LogP contribution is -1.98. The number of aliphatic carboxylic acids is 1. The zero-order chi connectivity index (χ0) is 12.3. The molecule has 0 spiro atoms. The molecule has 0 aliphatic carbocycles. The maximum Gasteiger partial charge on any atom is 0.303 e. The third kappa shape index (κ3) is 2.95. The van der Waals surface area contributed by atoms with Crippen molar-refractivity contribution in [1.82, 2.24) is 0 Å². The fourth-order valence-corrected chi connectivity index (χ4v) is 1.72. The minimum Gasteiger partial charge on any atom is -0.504 e. The molecule has 0 fully saturated rings. The third-order valence-corrected chi connectivity index (χ3v) is 3.27. The van der Waals surface area contributed by atoms with Crippen LogP contribution in [0.5, 0.6) is 5.75 Å². The average Bonchev–Trinajstić information content (AvgIpc) is 2.22. The second-order valence-electron chi connectivity index (χ2n) is 3.58. The Kier molecular flexibility index (Phi) is 4.29. The van der Waals surface area contributed by atoms with Gasteiger partial charge >= 0.3 is 5.97 Å². The molecule has 0 amide bonds. The van der Waals surface area contributed by atoms with E-state index in [9.17, 15) is 14.3 Å². The van der Waals surface area contributed by atoms with E-state index in [1.165, 1.54) is 0 Å². The summed E-state index contributed by atoms with van der Waals surface area (Å²) in [5.41, 5.74) is 1.07. The first kappa shape index (κ1) is 13.0. The van der Waals surface area contributed by atoms with Crippen molar-refractivity contribution in [3.05, 3.63) is 27.5 Å². The summed E-state index contributed by atoms with van der Waals surface area (Å²) < 4.78 is 13.9. The van der Waals surface area contributed by atoms with Gasteiger partial charge in [-0.1, -0.05) is 6.07 Å². The highest BCUT2D eigenvalue weighted by Gasteiger charge is 2.13. The first-order valence-corrected chi connectivity index (χ1v) is 5.61. The Morgan fingerprint density at radius 1 is 1.56 bits per heavy atom. The van der Waals surface area contributed by atoms with Crippen molar-refractivity contribution in [2.45, 2.75) is 26.2 Å². The molecule has 0 saturated carbocycles. The molecule has 0 atom stereocenters. The first-order chi connectivity index (χ1) is 7.43. The molecule has 1 rings (SSSR count). The van der Waals surface area contributed by atoms with Crippen molar-refractivity contribution < 1.29 is 19.4 Å². The number of carboxylic acids is 1. The number of aromatic hydroxyl groups is 1. The maximum atomic E-state index is 13.5. The molecule has 1 aromatic carbocycles. The van der Waals surface area contributed by atoms with E-state index >= 15 is 0 Å². The van der Waals surface area contributed by atoms with Gasteiger partial charge in [-0.2, -0.15) is 0 Å². The van der Waals surface area contributed by atoms with Crippen molar-refractivity contribution in [3.8, 4) is 5.75 Å². The van der Waals surface area contributed by atoms with Crippen LogP contribution in [0.1, 0.15) is 24.0 Å². The van der Waals surface area contributed by atoms with Crippen LogP contribution in [0.4, 0.5) is 4.39 Å². The highest BCUT2D eigenvalue weighted by Crippen LogP contribution is 2.32. The quantitative estimate of drug-likeness (QED) is 0.896. The SMILES string of the molecule is Cc1cc(CCCC(=O)O)c(F)c(O)c1Br. The lowest BCUT2D eigenvalue weighted by molar-refractivity contribution is -0.137. The predicted octanol–water partition coefficient (Wildman–Crippen LogP) is 3.01. The number of carboxylic acid groups (broad SMARTS) is 1. The van der Waals surface area contributed by atoms with Gasteiger partial charge in [-0.3, -0.25) is 4.79 Å². The molecule has 0 heterocycles. The van der Waals surface area contributed by atoms with Gasteiger partial charge in [0.2, 0.25) is 0 Å². The number of hydrogen-bond donors (Lipinski definition) is 2. The van der Waals surface area contributed by atoms with E-state index in [1.54, 1.807) is 13.0 Å². The number of hydrogen-bond acceptors (Lipinski definition) is 2. The molecular weight excluding hydrogens is 279 g/mol. The van der Waals surface area contributed by atoms with Crippen LogP contribution in [0.25, 0.3) is 0 Å². The largest absolute Gasteiger partial charge is 0.504 e. The Bertz CT molecular complexity index is 418. The van der Waals surface area contributed by atoms with Gasteiger partial charge in [0.1, 0.15) is 0 Å². The van der Waals surface area contributed by atoms with Gasteiger partial charge in [0.15, 0.2) is 11.6 Å². The zero-order valence-electron chi connectivity index (χ0n) is 8.76. The summed E-state index contributed by atoms with van der Waals surface area (Å²) in [5.74, 6) is -1.99. The number of phenols is 1. The van der Waals surface area contributed by atoms with Crippen LogP contribution < -0.4 is 0 Å². The molecule has 1 aromatic rings. The number of aryl methyl sites for hydroxylation is 2. The molecular formula is C11H12BrFO3. The molecule has 16 heavy (non-hydrogen) atoms. The molecule has 0 unspecified atom stereocenters. The lowest BCUT2D eigenvalue weighted by Gasteiger charge is -2.08. The molecule has 5 heteroatoms. The molecule has 0 radical (unpaired) electrons. The molecule has 0 aliphatic heterocycles. The van der Waals surface area contributed by atoms with Crippen LogP contribution in [0, 0.1) is 12.7 Å². The summed E-state index contributed by atoms with van der Waals surface area (Å²) in [6, 6.07) is 1.61. The Hall–Kier alpha value is -1.10. The summed E-state index contributed by atoms with van der Waals surface area (Å²) in [6.45, 7) is 1.74. The summed E-state index contributed by atoms with van der Waals surface area (Å²) in [4.78, 5) is 10.3. The van der Waals surface area contributed by atoms with E-state index < -0.39 is 17.5 Å². The average molecular weight is 291 g/mol. The summed E-state index contributed by atoms with van der Waals surface area (Å²) in [5, 5.41) is 17.9. The normalized spacial score (nSPS) is 10.4. The minimum atomic E-state index is -0.904. The van der Waals surface area contributed by atoms with E-state index in [1.807, 2.05) is 0 Å². The Morgan fingerprint density at radius 2 is 2.19 bits per heavy atom. The van der Waals surface area contributed by atoms with Crippen molar-refractivity contribution in [2.75, 3.05) is 0 Å². The molecule has 0 saturated heterocycles. The zero-order valence-corrected chi connectivity index (χ0v) is 10.3. The Morgan fingerprint density at radius 3 is 2.75 bits per heavy atom. The second kappa shape index (κ2) is 5.30. The molecule has 88 valence electrons. The summed E-state index contributed by atoms with van der Waals surface area (Å²) in [7, 11) is 0. The van der Waals surface area contributed by atoms with E-state index in [2.05, 4.69) is 15.9 Å².